The number of para-hydroxylation sites is 1. The van der Waals surface area contributed by atoms with E-state index in [0.29, 0.717) is 5.76 Å². The van der Waals surface area contributed by atoms with Gasteiger partial charge in [-0.25, -0.2) is 0 Å². The molecule has 0 saturated heterocycles. The van der Waals surface area contributed by atoms with Gasteiger partial charge in [0.1, 0.15) is 11.5 Å². The SMILES string of the molecule is C=C1C=C(C=CC)c2ccccc2O1. The zero-order chi connectivity index (χ0) is 9.97. The topological polar surface area (TPSA) is 9.23 Å². The van der Waals surface area contributed by atoms with Crippen LogP contribution in [0.4, 0.5) is 0 Å². The Morgan fingerprint density at radius 2 is 2.07 bits per heavy atom. The Morgan fingerprint density at radius 1 is 1.29 bits per heavy atom. The first-order chi connectivity index (χ1) is 6.81. The monoisotopic (exact) mass is 184 g/mol. The van der Waals surface area contributed by atoms with Crippen molar-refractivity contribution in [2.45, 2.75) is 6.92 Å². The molecule has 0 radical (unpaired) electrons. The third-order valence-electron chi connectivity index (χ3n) is 2.10. The minimum Gasteiger partial charge on any atom is -0.457 e. The highest BCUT2D eigenvalue weighted by atomic mass is 16.5. The van der Waals surface area contributed by atoms with E-state index < -0.39 is 0 Å². The second-order valence-electron chi connectivity index (χ2n) is 3.16. The summed E-state index contributed by atoms with van der Waals surface area (Å²) in [6.45, 7) is 5.81. The van der Waals surface area contributed by atoms with E-state index >= 15 is 0 Å². The second kappa shape index (κ2) is 3.54. The Hall–Kier alpha value is -1.76. The highest BCUT2D eigenvalue weighted by Gasteiger charge is 2.12. The molecule has 1 aliphatic heterocycles. The van der Waals surface area contributed by atoms with Crippen molar-refractivity contribution in [2.75, 3.05) is 0 Å². The molecule has 1 aliphatic rings. The molecule has 70 valence electrons. The number of hydrogen-bond acceptors (Lipinski definition) is 1. The Balaban J connectivity index is 2.55. The number of ether oxygens (including phenoxy) is 1. The lowest BCUT2D eigenvalue weighted by atomic mass is 10.0. The fourth-order valence-corrected chi connectivity index (χ4v) is 1.53. The number of rotatable bonds is 1. The van der Waals surface area contributed by atoms with Crippen LogP contribution in [0.3, 0.4) is 0 Å². The minimum absolute atomic E-state index is 0.691. The molecule has 1 aromatic rings. The summed E-state index contributed by atoms with van der Waals surface area (Å²) < 4.78 is 5.50. The lowest BCUT2D eigenvalue weighted by Crippen LogP contribution is -2.00. The minimum atomic E-state index is 0.691. The maximum Gasteiger partial charge on any atom is 0.135 e. The molecule has 1 aromatic carbocycles. The van der Waals surface area contributed by atoms with Gasteiger partial charge in [0.15, 0.2) is 0 Å². The first-order valence-electron chi connectivity index (χ1n) is 4.62. The molecule has 0 bridgehead atoms. The molecular weight excluding hydrogens is 172 g/mol. The van der Waals surface area contributed by atoms with Crippen LogP contribution in [0.5, 0.6) is 5.75 Å². The highest BCUT2D eigenvalue weighted by Crippen LogP contribution is 2.32. The van der Waals surface area contributed by atoms with E-state index in [4.69, 9.17) is 4.74 Å². The lowest BCUT2D eigenvalue weighted by Gasteiger charge is -2.17. The maximum absolute atomic E-state index is 5.50. The third kappa shape index (κ3) is 1.49. The Labute approximate surface area is 84.0 Å². The second-order valence-corrected chi connectivity index (χ2v) is 3.16. The molecule has 0 atom stereocenters. The Bertz CT molecular complexity index is 425. The first-order valence-corrected chi connectivity index (χ1v) is 4.62. The standard InChI is InChI=1S/C13H12O/c1-3-6-11-9-10(2)14-13-8-5-4-7-12(11)13/h3-9H,2H2,1H3. The Morgan fingerprint density at radius 3 is 2.86 bits per heavy atom. The number of fused-ring (bicyclic) bond motifs is 1. The van der Waals surface area contributed by atoms with Gasteiger partial charge in [0.05, 0.1) is 0 Å². The van der Waals surface area contributed by atoms with E-state index in [0.717, 1.165) is 16.9 Å². The molecule has 0 aromatic heterocycles. The molecule has 14 heavy (non-hydrogen) atoms. The van der Waals surface area contributed by atoms with Crippen molar-refractivity contribution < 1.29 is 4.74 Å². The van der Waals surface area contributed by atoms with Crippen molar-refractivity contribution in [3.8, 4) is 5.75 Å². The average Bonchev–Trinajstić information content (AvgIpc) is 2.18. The largest absolute Gasteiger partial charge is 0.457 e. The summed E-state index contributed by atoms with van der Waals surface area (Å²) in [7, 11) is 0. The van der Waals surface area contributed by atoms with Crippen molar-refractivity contribution in [1.82, 2.24) is 0 Å². The zero-order valence-corrected chi connectivity index (χ0v) is 8.16. The van der Waals surface area contributed by atoms with Crippen LogP contribution in [0, 0.1) is 0 Å². The molecule has 1 heteroatoms. The first kappa shape index (κ1) is 8.82. The van der Waals surface area contributed by atoms with Crippen LogP contribution in [0.15, 0.2) is 54.8 Å². The van der Waals surface area contributed by atoms with Gasteiger partial charge >= 0.3 is 0 Å². The lowest BCUT2D eigenvalue weighted by molar-refractivity contribution is 0.441. The van der Waals surface area contributed by atoms with Crippen LogP contribution < -0.4 is 4.74 Å². The van der Waals surface area contributed by atoms with Crippen LogP contribution in [-0.2, 0) is 0 Å². The van der Waals surface area contributed by atoms with Gasteiger partial charge in [0, 0.05) is 5.56 Å². The number of allylic oxidation sites excluding steroid dienone is 4. The van der Waals surface area contributed by atoms with Crippen LogP contribution >= 0.6 is 0 Å². The highest BCUT2D eigenvalue weighted by molar-refractivity contribution is 5.80. The van der Waals surface area contributed by atoms with Crippen molar-refractivity contribution >= 4 is 5.57 Å². The molecule has 1 heterocycles. The predicted molar refractivity (Wildman–Crippen MR) is 59.0 cm³/mol. The van der Waals surface area contributed by atoms with Crippen LogP contribution in [0.1, 0.15) is 12.5 Å². The quantitative estimate of drug-likeness (QED) is 0.648. The zero-order valence-electron chi connectivity index (χ0n) is 8.16. The van der Waals surface area contributed by atoms with E-state index in [-0.39, 0.29) is 0 Å². The van der Waals surface area contributed by atoms with Gasteiger partial charge in [-0.2, -0.15) is 0 Å². The van der Waals surface area contributed by atoms with E-state index in [1.165, 1.54) is 0 Å². The average molecular weight is 184 g/mol. The van der Waals surface area contributed by atoms with Crippen molar-refractivity contribution in [2.24, 2.45) is 0 Å². The van der Waals surface area contributed by atoms with Gasteiger partial charge in [0.25, 0.3) is 0 Å². The van der Waals surface area contributed by atoms with Crippen LogP contribution in [-0.4, -0.2) is 0 Å². The fourth-order valence-electron chi connectivity index (χ4n) is 1.53. The number of hydrogen-bond donors (Lipinski definition) is 0. The van der Waals surface area contributed by atoms with Gasteiger partial charge in [-0.15, -0.1) is 0 Å². The molecule has 0 N–H and O–H groups in total. The summed E-state index contributed by atoms with van der Waals surface area (Å²) in [6, 6.07) is 7.98. The van der Waals surface area contributed by atoms with E-state index in [1.807, 2.05) is 43.3 Å². The molecule has 0 unspecified atom stereocenters. The molecule has 0 saturated carbocycles. The molecule has 0 amide bonds. The van der Waals surface area contributed by atoms with Gasteiger partial charge in [0.2, 0.25) is 0 Å². The molecular formula is C13H12O. The van der Waals surface area contributed by atoms with E-state index in [9.17, 15) is 0 Å². The Kier molecular flexibility index (Phi) is 2.23. The number of benzene rings is 1. The van der Waals surface area contributed by atoms with Crippen molar-refractivity contribution in [3.05, 3.63) is 60.4 Å². The molecule has 2 rings (SSSR count). The summed E-state index contributed by atoms with van der Waals surface area (Å²) in [5.41, 5.74) is 2.28. The normalized spacial score (nSPS) is 14.9. The summed E-state index contributed by atoms with van der Waals surface area (Å²) in [4.78, 5) is 0. The maximum atomic E-state index is 5.50. The van der Waals surface area contributed by atoms with Gasteiger partial charge in [-0.05, 0) is 24.6 Å². The predicted octanol–water partition coefficient (Wildman–Crippen LogP) is 3.55. The van der Waals surface area contributed by atoms with Crippen LogP contribution in [0.2, 0.25) is 0 Å². The van der Waals surface area contributed by atoms with Crippen molar-refractivity contribution in [3.63, 3.8) is 0 Å². The van der Waals surface area contributed by atoms with Crippen molar-refractivity contribution in [1.29, 1.82) is 0 Å². The van der Waals surface area contributed by atoms with Gasteiger partial charge < -0.3 is 4.74 Å². The van der Waals surface area contributed by atoms with Gasteiger partial charge in [-0.1, -0.05) is 36.9 Å². The van der Waals surface area contributed by atoms with E-state index in [2.05, 4.69) is 12.7 Å². The van der Waals surface area contributed by atoms with Gasteiger partial charge in [-0.3, -0.25) is 0 Å². The summed E-state index contributed by atoms with van der Waals surface area (Å²) in [5, 5.41) is 0. The molecule has 0 fully saturated rings. The molecule has 1 nitrogen and oxygen atoms in total. The van der Waals surface area contributed by atoms with E-state index in [1.54, 1.807) is 0 Å². The van der Waals surface area contributed by atoms with Crippen LogP contribution in [0.25, 0.3) is 5.57 Å². The smallest absolute Gasteiger partial charge is 0.135 e. The molecule has 0 aliphatic carbocycles. The molecule has 0 spiro atoms. The summed E-state index contributed by atoms with van der Waals surface area (Å²) in [6.07, 6.45) is 6.02. The third-order valence-corrected chi connectivity index (χ3v) is 2.10. The fraction of sp³-hybridized carbons (Fsp3) is 0.0769. The summed E-state index contributed by atoms with van der Waals surface area (Å²) >= 11 is 0. The summed E-state index contributed by atoms with van der Waals surface area (Å²) in [5.74, 6) is 1.57.